The molecule has 0 fully saturated rings. The van der Waals surface area contributed by atoms with Crippen molar-refractivity contribution in [3.8, 4) is 0 Å². The van der Waals surface area contributed by atoms with Crippen LogP contribution in [0.2, 0.25) is 0 Å². The van der Waals surface area contributed by atoms with E-state index in [1.807, 2.05) is 0 Å². The van der Waals surface area contributed by atoms with Gasteiger partial charge in [0.15, 0.2) is 0 Å². The minimum atomic E-state index is -0.956. The van der Waals surface area contributed by atoms with Gasteiger partial charge < -0.3 is 10.2 Å². The van der Waals surface area contributed by atoms with Crippen molar-refractivity contribution in [3.63, 3.8) is 0 Å². The van der Waals surface area contributed by atoms with Gasteiger partial charge in [-0.1, -0.05) is 0 Å². The normalized spacial score (nSPS) is 11.8. The molecule has 0 aliphatic carbocycles. The van der Waals surface area contributed by atoms with Crippen molar-refractivity contribution in [2.24, 2.45) is 5.92 Å². The van der Waals surface area contributed by atoms with Crippen LogP contribution in [0.4, 0.5) is 0 Å². The Balaban J connectivity index is 0. The van der Waals surface area contributed by atoms with Gasteiger partial charge in [-0.25, -0.2) is 0 Å². The molecule has 0 rings (SSSR count). The summed E-state index contributed by atoms with van der Waals surface area (Å²) in [7, 11) is 0. The van der Waals surface area contributed by atoms with Gasteiger partial charge in [0.2, 0.25) is 0 Å². The molecule has 2 N–H and O–H groups in total. The molecular weight excluding hydrogens is 119 g/mol. The van der Waals surface area contributed by atoms with Crippen LogP contribution in [0.3, 0.4) is 0 Å². The summed E-state index contributed by atoms with van der Waals surface area (Å²) in [6.07, 6.45) is 0. The fourth-order valence-electron chi connectivity index (χ4n) is 0.0781. The predicted octanol–water partition coefficient (Wildman–Crippen LogP) is -0.949. The zero-order valence-corrected chi connectivity index (χ0v) is 4.09. The predicted molar refractivity (Wildman–Crippen MR) is 31.0 cm³/mol. The van der Waals surface area contributed by atoms with Gasteiger partial charge in [0, 0.05) is 0 Å². The van der Waals surface area contributed by atoms with Gasteiger partial charge in [0.1, 0.15) is 0 Å². The molecule has 0 amide bonds. The molecule has 0 saturated carbocycles. The summed E-state index contributed by atoms with van der Waals surface area (Å²) in [6.45, 7) is 1.16. The molecule has 0 aliphatic rings. The van der Waals surface area contributed by atoms with Crippen molar-refractivity contribution in [1.29, 1.82) is 0 Å². The molecule has 44 valence electrons. The Labute approximate surface area is 70.0 Å². The van der Waals surface area contributed by atoms with Gasteiger partial charge >= 0.3 is 35.5 Å². The average molecular weight is 128 g/mol. The molecule has 0 aromatic rings. The minimum absolute atomic E-state index is 0. The number of hydrogen-bond acceptors (Lipinski definition) is 2. The molecule has 8 heavy (non-hydrogen) atoms. The van der Waals surface area contributed by atoms with Crippen molar-refractivity contribution < 1.29 is 15.0 Å². The summed E-state index contributed by atoms with van der Waals surface area (Å²) < 4.78 is 0. The molecule has 0 unspecified atom stereocenters. The second-order valence-corrected chi connectivity index (χ2v) is 1.42. The van der Waals surface area contributed by atoms with Gasteiger partial charge in [0.25, 0.3) is 0 Å². The van der Waals surface area contributed by atoms with Gasteiger partial charge in [0.05, 0.1) is 12.5 Å². The number of hydrogen-bond donors (Lipinski definition) is 2. The van der Waals surface area contributed by atoms with Crippen LogP contribution >= 0.6 is 0 Å². The summed E-state index contributed by atoms with van der Waals surface area (Å²) in [6, 6.07) is 0. The third kappa shape index (κ3) is 4.59. The molecule has 3 nitrogen and oxygen atoms in total. The van der Waals surface area contributed by atoms with Crippen molar-refractivity contribution in [2.45, 2.75) is 6.92 Å². The van der Waals surface area contributed by atoms with Crippen LogP contribution in [-0.4, -0.2) is 52.3 Å². The van der Waals surface area contributed by atoms with Crippen molar-refractivity contribution in [3.05, 3.63) is 0 Å². The Morgan fingerprint density at radius 3 is 2.12 bits per heavy atom. The van der Waals surface area contributed by atoms with E-state index in [1.165, 1.54) is 6.92 Å². The van der Waals surface area contributed by atoms with Crippen molar-refractivity contribution >= 4 is 35.5 Å². The van der Waals surface area contributed by atoms with E-state index < -0.39 is 11.9 Å². The van der Waals surface area contributed by atoms with Gasteiger partial charge in [-0.2, -0.15) is 0 Å². The Bertz CT molecular complexity index is 73.7. The Kier molecular flexibility index (Phi) is 7.83. The molecule has 0 heterocycles. The number of aliphatic hydroxyl groups excluding tert-OH is 1. The van der Waals surface area contributed by atoms with Gasteiger partial charge in [-0.15, -0.1) is 0 Å². The van der Waals surface area contributed by atoms with E-state index in [-0.39, 0.29) is 36.2 Å². The quantitative estimate of drug-likeness (QED) is 0.471. The molecule has 1 atom stereocenters. The molecular formula is C4H9NaO3. The maximum absolute atomic E-state index is 9.77. The zero-order valence-electron chi connectivity index (χ0n) is 4.09. The Morgan fingerprint density at radius 2 is 2.12 bits per heavy atom. The first-order valence-corrected chi connectivity index (χ1v) is 2.02. The summed E-state index contributed by atoms with van der Waals surface area (Å²) >= 11 is 0. The number of carbonyl (C=O) groups is 1. The van der Waals surface area contributed by atoms with Crippen LogP contribution in [0.15, 0.2) is 0 Å². The second-order valence-electron chi connectivity index (χ2n) is 1.42. The van der Waals surface area contributed by atoms with E-state index >= 15 is 0 Å². The Hall–Kier alpha value is 0.430. The standard InChI is InChI=1S/C4H8O3.Na.H/c1-3(2-5)4(6)7;;/h3,5H,2H2,1H3,(H,6,7);;/t3-;;/m0../s1. The molecule has 4 heteroatoms. The topological polar surface area (TPSA) is 57.5 Å². The number of rotatable bonds is 2. The second kappa shape index (κ2) is 5.56. The van der Waals surface area contributed by atoms with E-state index in [2.05, 4.69) is 0 Å². The third-order valence-corrected chi connectivity index (χ3v) is 0.695. The summed E-state index contributed by atoms with van der Waals surface area (Å²) in [4.78, 5) is 9.77. The first-order valence-electron chi connectivity index (χ1n) is 2.02. The first kappa shape index (κ1) is 11.3. The summed E-state index contributed by atoms with van der Waals surface area (Å²) in [5.74, 6) is -1.58. The number of aliphatic carboxylic acids is 1. The van der Waals surface area contributed by atoms with Gasteiger partial charge in [-0.3, -0.25) is 4.79 Å². The summed E-state index contributed by atoms with van der Waals surface area (Å²) in [5, 5.41) is 16.1. The fraction of sp³-hybridized carbons (Fsp3) is 0.750. The van der Waals surface area contributed by atoms with E-state index in [0.29, 0.717) is 0 Å². The molecule has 0 aliphatic heterocycles. The fourth-order valence-corrected chi connectivity index (χ4v) is 0.0781. The van der Waals surface area contributed by atoms with Crippen LogP contribution in [0, 0.1) is 5.92 Å². The molecule has 0 radical (unpaired) electrons. The molecule has 0 aromatic heterocycles. The van der Waals surface area contributed by atoms with E-state index in [1.54, 1.807) is 0 Å². The summed E-state index contributed by atoms with van der Waals surface area (Å²) in [5.41, 5.74) is 0. The maximum atomic E-state index is 9.77. The van der Waals surface area contributed by atoms with Crippen LogP contribution in [0.25, 0.3) is 0 Å². The van der Waals surface area contributed by atoms with Crippen LogP contribution in [0.1, 0.15) is 6.92 Å². The number of carboxylic acid groups (broad SMARTS) is 1. The van der Waals surface area contributed by atoms with Crippen molar-refractivity contribution in [2.75, 3.05) is 6.61 Å². The van der Waals surface area contributed by atoms with Crippen molar-refractivity contribution in [1.82, 2.24) is 0 Å². The van der Waals surface area contributed by atoms with Crippen LogP contribution in [-0.2, 0) is 4.79 Å². The van der Waals surface area contributed by atoms with Gasteiger partial charge in [-0.05, 0) is 6.92 Å². The number of carboxylic acids is 1. The zero-order chi connectivity index (χ0) is 5.86. The van der Waals surface area contributed by atoms with Crippen LogP contribution < -0.4 is 0 Å². The van der Waals surface area contributed by atoms with E-state index in [4.69, 9.17) is 10.2 Å². The molecule has 0 bridgehead atoms. The van der Waals surface area contributed by atoms with E-state index in [0.717, 1.165) is 0 Å². The third-order valence-electron chi connectivity index (χ3n) is 0.695. The molecule has 0 aromatic carbocycles. The average Bonchev–Trinajstić information content (AvgIpc) is 1.65. The van der Waals surface area contributed by atoms with Crippen LogP contribution in [0.5, 0.6) is 0 Å². The molecule has 0 saturated heterocycles. The Morgan fingerprint density at radius 1 is 1.75 bits per heavy atom. The SMILES string of the molecule is C[C@@H](CO)C(=O)O.[NaH]. The number of aliphatic hydroxyl groups is 1. The molecule has 0 spiro atoms. The first-order chi connectivity index (χ1) is 3.18. The van der Waals surface area contributed by atoms with E-state index in [9.17, 15) is 4.79 Å². The monoisotopic (exact) mass is 128 g/mol.